The maximum Gasteiger partial charge on any atom is 0.0991 e. The smallest absolute Gasteiger partial charge is 0.0991 e. The first-order valence-corrected chi connectivity index (χ1v) is 13.0. The van der Waals surface area contributed by atoms with Gasteiger partial charge in [-0.05, 0) is 72.3 Å². The number of anilines is 3. The molecule has 0 aliphatic carbocycles. The lowest BCUT2D eigenvalue weighted by atomic mass is 9.99. The standard InChI is InChI=1S/C35H25N3/c1-2-37-33-18-16-24(23-36)20-31(33)32-22-28(17-19-34(32)37)38(27-12-4-3-5-13-27)35-29-14-8-6-10-25(29)21-26-11-7-9-15-30(26)35/h3-22H,2H2,1H3. The van der Waals surface area contributed by atoms with Crippen LogP contribution in [0.1, 0.15) is 12.5 Å². The van der Waals surface area contributed by atoms with Gasteiger partial charge in [0.25, 0.3) is 0 Å². The van der Waals surface area contributed by atoms with E-state index in [1.165, 1.54) is 32.7 Å². The molecule has 0 bridgehead atoms. The summed E-state index contributed by atoms with van der Waals surface area (Å²) in [5.41, 5.74) is 6.37. The zero-order chi connectivity index (χ0) is 25.6. The van der Waals surface area contributed by atoms with E-state index in [0.717, 1.165) is 34.2 Å². The molecule has 0 fully saturated rings. The van der Waals surface area contributed by atoms with Crippen molar-refractivity contribution in [3.63, 3.8) is 0 Å². The second kappa shape index (κ2) is 8.80. The molecule has 38 heavy (non-hydrogen) atoms. The first-order chi connectivity index (χ1) is 18.8. The summed E-state index contributed by atoms with van der Waals surface area (Å²) in [6, 6.07) is 45.2. The van der Waals surface area contributed by atoms with E-state index in [2.05, 4.69) is 132 Å². The van der Waals surface area contributed by atoms with Gasteiger partial charge in [-0.2, -0.15) is 5.26 Å². The van der Waals surface area contributed by atoms with E-state index in [0.29, 0.717) is 5.56 Å². The minimum Gasteiger partial charge on any atom is -0.341 e. The fourth-order valence-corrected chi connectivity index (χ4v) is 5.86. The minimum atomic E-state index is 0.679. The zero-order valence-electron chi connectivity index (χ0n) is 21.1. The summed E-state index contributed by atoms with van der Waals surface area (Å²) < 4.78 is 2.33. The van der Waals surface area contributed by atoms with Crippen molar-refractivity contribution >= 4 is 60.4 Å². The van der Waals surface area contributed by atoms with E-state index in [4.69, 9.17) is 0 Å². The fourth-order valence-electron chi connectivity index (χ4n) is 5.86. The number of hydrogen-bond acceptors (Lipinski definition) is 2. The Morgan fingerprint density at radius 2 is 1.21 bits per heavy atom. The maximum absolute atomic E-state index is 9.61. The Hall–Kier alpha value is -5.07. The van der Waals surface area contributed by atoms with Gasteiger partial charge in [-0.25, -0.2) is 0 Å². The summed E-state index contributed by atoms with van der Waals surface area (Å²) in [6.07, 6.45) is 0. The summed E-state index contributed by atoms with van der Waals surface area (Å²) in [7, 11) is 0. The van der Waals surface area contributed by atoms with Crippen molar-refractivity contribution < 1.29 is 0 Å². The summed E-state index contributed by atoms with van der Waals surface area (Å²) in [6.45, 7) is 3.03. The van der Waals surface area contributed by atoms with Crippen molar-refractivity contribution in [3.05, 3.63) is 127 Å². The summed E-state index contributed by atoms with van der Waals surface area (Å²) in [5, 5.41) is 16.7. The molecule has 180 valence electrons. The van der Waals surface area contributed by atoms with Crippen molar-refractivity contribution in [3.8, 4) is 6.07 Å². The molecule has 0 saturated carbocycles. The molecule has 0 aliphatic heterocycles. The quantitative estimate of drug-likeness (QED) is 0.232. The van der Waals surface area contributed by atoms with Gasteiger partial charge in [-0.15, -0.1) is 0 Å². The second-order valence-electron chi connectivity index (χ2n) is 9.63. The van der Waals surface area contributed by atoms with E-state index >= 15 is 0 Å². The van der Waals surface area contributed by atoms with Crippen molar-refractivity contribution in [1.29, 1.82) is 5.26 Å². The Morgan fingerprint density at radius 3 is 1.87 bits per heavy atom. The van der Waals surface area contributed by atoms with Crippen LogP contribution in [0.15, 0.2) is 121 Å². The van der Waals surface area contributed by atoms with Gasteiger partial charge in [0.2, 0.25) is 0 Å². The highest BCUT2D eigenvalue weighted by Crippen LogP contribution is 2.45. The van der Waals surface area contributed by atoms with Crippen LogP contribution in [0.5, 0.6) is 0 Å². The SMILES string of the molecule is CCn1c2ccc(C#N)cc2c2cc(N(c3ccccc3)c3c4ccccc4cc4ccccc34)ccc21. The number of nitrogens with zero attached hydrogens (tertiary/aromatic N) is 3. The molecule has 1 heterocycles. The summed E-state index contributed by atoms with van der Waals surface area (Å²) in [4.78, 5) is 2.38. The molecule has 0 spiro atoms. The van der Waals surface area contributed by atoms with Gasteiger partial charge >= 0.3 is 0 Å². The van der Waals surface area contributed by atoms with E-state index in [-0.39, 0.29) is 0 Å². The van der Waals surface area contributed by atoms with Crippen LogP contribution in [0.4, 0.5) is 17.1 Å². The lowest BCUT2D eigenvalue weighted by Gasteiger charge is -2.28. The molecule has 3 nitrogen and oxygen atoms in total. The van der Waals surface area contributed by atoms with E-state index in [1.54, 1.807) is 0 Å². The zero-order valence-corrected chi connectivity index (χ0v) is 21.1. The molecule has 0 N–H and O–H groups in total. The Labute approximate surface area is 221 Å². The molecular weight excluding hydrogens is 462 g/mol. The average Bonchev–Trinajstić information content (AvgIpc) is 3.29. The minimum absolute atomic E-state index is 0.679. The second-order valence-corrected chi connectivity index (χ2v) is 9.63. The lowest BCUT2D eigenvalue weighted by molar-refractivity contribution is 0.827. The number of aryl methyl sites for hydroxylation is 1. The van der Waals surface area contributed by atoms with Crippen molar-refractivity contribution in [2.45, 2.75) is 13.5 Å². The topological polar surface area (TPSA) is 32.0 Å². The first kappa shape index (κ1) is 22.2. The molecule has 7 rings (SSSR count). The van der Waals surface area contributed by atoms with Crippen LogP contribution in [0.3, 0.4) is 0 Å². The van der Waals surface area contributed by atoms with E-state index in [9.17, 15) is 5.26 Å². The fraction of sp³-hybridized carbons (Fsp3) is 0.0571. The van der Waals surface area contributed by atoms with Gasteiger partial charge in [0.05, 0.1) is 17.3 Å². The van der Waals surface area contributed by atoms with Crippen LogP contribution in [-0.4, -0.2) is 4.57 Å². The monoisotopic (exact) mass is 487 g/mol. The highest BCUT2D eigenvalue weighted by molar-refractivity contribution is 6.15. The normalized spacial score (nSPS) is 11.4. The van der Waals surface area contributed by atoms with Crippen molar-refractivity contribution in [2.75, 3.05) is 4.90 Å². The number of para-hydroxylation sites is 1. The predicted molar refractivity (Wildman–Crippen MR) is 160 cm³/mol. The van der Waals surface area contributed by atoms with E-state index in [1.807, 2.05) is 12.1 Å². The van der Waals surface area contributed by atoms with Crippen LogP contribution >= 0.6 is 0 Å². The number of nitriles is 1. The molecule has 1 aromatic heterocycles. The van der Waals surface area contributed by atoms with Crippen LogP contribution < -0.4 is 4.90 Å². The molecular formula is C35H25N3. The number of benzene rings is 6. The Kier molecular flexibility index (Phi) is 5.13. The molecule has 0 radical (unpaired) electrons. The number of fused-ring (bicyclic) bond motifs is 5. The predicted octanol–water partition coefficient (Wildman–Crippen LogP) is 9.46. The molecule has 0 saturated heterocycles. The molecule has 0 atom stereocenters. The Balaban J connectivity index is 1.59. The van der Waals surface area contributed by atoms with Gasteiger partial charge < -0.3 is 9.47 Å². The number of hydrogen-bond donors (Lipinski definition) is 0. The maximum atomic E-state index is 9.61. The highest BCUT2D eigenvalue weighted by Gasteiger charge is 2.20. The molecule has 0 aliphatic rings. The van der Waals surface area contributed by atoms with Gasteiger partial charge in [0.1, 0.15) is 0 Å². The summed E-state index contributed by atoms with van der Waals surface area (Å²) in [5.74, 6) is 0. The van der Waals surface area contributed by atoms with Crippen LogP contribution in [0, 0.1) is 11.3 Å². The average molecular weight is 488 g/mol. The molecule has 3 heteroatoms. The lowest BCUT2D eigenvalue weighted by Crippen LogP contribution is -2.11. The molecule has 0 amide bonds. The molecule has 0 unspecified atom stereocenters. The Bertz CT molecular complexity index is 1970. The van der Waals surface area contributed by atoms with Gasteiger partial charge in [0, 0.05) is 50.5 Å². The third kappa shape index (κ3) is 3.35. The number of rotatable bonds is 4. The van der Waals surface area contributed by atoms with Gasteiger partial charge in [-0.1, -0.05) is 66.7 Å². The summed E-state index contributed by atoms with van der Waals surface area (Å²) >= 11 is 0. The highest BCUT2D eigenvalue weighted by atomic mass is 15.1. The van der Waals surface area contributed by atoms with Gasteiger partial charge in [-0.3, -0.25) is 0 Å². The third-order valence-electron chi connectivity index (χ3n) is 7.53. The van der Waals surface area contributed by atoms with Crippen LogP contribution in [-0.2, 0) is 6.54 Å². The van der Waals surface area contributed by atoms with E-state index < -0.39 is 0 Å². The van der Waals surface area contributed by atoms with Crippen molar-refractivity contribution in [2.24, 2.45) is 0 Å². The Morgan fingerprint density at radius 1 is 0.605 bits per heavy atom. The van der Waals surface area contributed by atoms with Gasteiger partial charge in [0.15, 0.2) is 0 Å². The third-order valence-corrected chi connectivity index (χ3v) is 7.53. The largest absolute Gasteiger partial charge is 0.341 e. The first-order valence-electron chi connectivity index (χ1n) is 13.0. The number of aromatic nitrogens is 1. The van der Waals surface area contributed by atoms with Crippen LogP contribution in [0.25, 0.3) is 43.4 Å². The molecule has 7 aromatic rings. The van der Waals surface area contributed by atoms with Crippen LogP contribution in [0.2, 0.25) is 0 Å². The van der Waals surface area contributed by atoms with Crippen molar-refractivity contribution in [1.82, 2.24) is 4.57 Å². The molecule has 6 aromatic carbocycles.